The maximum Gasteiger partial charge on any atom is 0.351 e. The van der Waals surface area contributed by atoms with Crippen molar-refractivity contribution in [3.05, 3.63) is 64.5 Å². The van der Waals surface area contributed by atoms with Gasteiger partial charge >= 0.3 is 11.6 Å². The third-order valence-corrected chi connectivity index (χ3v) is 3.87. The van der Waals surface area contributed by atoms with Crippen LogP contribution in [0.4, 0.5) is 5.69 Å². The van der Waals surface area contributed by atoms with Crippen molar-refractivity contribution in [2.24, 2.45) is 0 Å². The Kier molecular flexibility index (Phi) is 5.59. The van der Waals surface area contributed by atoms with Gasteiger partial charge in [0.2, 0.25) is 0 Å². The van der Waals surface area contributed by atoms with Crippen molar-refractivity contribution in [1.82, 2.24) is 0 Å². The summed E-state index contributed by atoms with van der Waals surface area (Å²) in [6.45, 7) is -0.555. The smallest absolute Gasteiger partial charge is 0.351 e. The Balaban J connectivity index is 1.68. The fourth-order valence-corrected chi connectivity index (χ4v) is 2.50. The molecule has 1 N–H and O–H groups in total. The lowest BCUT2D eigenvalue weighted by Gasteiger charge is -2.08. The van der Waals surface area contributed by atoms with Crippen LogP contribution in [0.1, 0.15) is 10.4 Å². The van der Waals surface area contributed by atoms with Crippen LogP contribution >= 0.6 is 0 Å². The van der Waals surface area contributed by atoms with E-state index in [1.165, 1.54) is 20.3 Å². The third-order valence-electron chi connectivity index (χ3n) is 3.87. The highest BCUT2D eigenvalue weighted by atomic mass is 16.5. The Bertz CT molecular complexity index is 1070. The Labute approximate surface area is 159 Å². The fourth-order valence-electron chi connectivity index (χ4n) is 2.50. The van der Waals surface area contributed by atoms with E-state index < -0.39 is 24.1 Å². The van der Waals surface area contributed by atoms with Crippen LogP contribution < -0.4 is 20.4 Å². The molecule has 0 bridgehead atoms. The van der Waals surface area contributed by atoms with Gasteiger partial charge < -0.3 is 23.9 Å². The molecule has 8 heteroatoms. The van der Waals surface area contributed by atoms with Gasteiger partial charge in [-0.2, -0.15) is 0 Å². The summed E-state index contributed by atoms with van der Waals surface area (Å²) in [6.07, 6.45) is 0. The minimum atomic E-state index is -0.955. The molecular formula is C20H17NO7. The number of carbonyl (C=O) groups excluding carboxylic acids is 2. The van der Waals surface area contributed by atoms with Crippen LogP contribution in [0.2, 0.25) is 0 Å². The number of methoxy groups -OCH3 is 2. The predicted molar refractivity (Wildman–Crippen MR) is 101 cm³/mol. The Morgan fingerprint density at radius 2 is 1.79 bits per heavy atom. The predicted octanol–water partition coefficient (Wildman–Crippen LogP) is 2.61. The molecule has 0 aliphatic carbocycles. The summed E-state index contributed by atoms with van der Waals surface area (Å²) in [5.41, 5.74) is -0.446. The minimum absolute atomic E-state index is 0.226. The fraction of sp³-hybridized carbons (Fsp3) is 0.150. The molecule has 144 valence electrons. The first-order valence-electron chi connectivity index (χ1n) is 8.23. The summed E-state index contributed by atoms with van der Waals surface area (Å²) in [7, 11) is 2.98. The quantitative estimate of drug-likeness (QED) is 0.515. The molecule has 0 fully saturated rings. The maximum atomic E-state index is 12.2. The average Bonchev–Trinajstić information content (AvgIpc) is 2.71. The number of anilines is 1. The summed E-state index contributed by atoms with van der Waals surface area (Å²) in [5.74, 6) is -0.494. The van der Waals surface area contributed by atoms with Crippen LogP contribution in [0.3, 0.4) is 0 Å². The number of para-hydroxylation sites is 1. The highest BCUT2D eigenvalue weighted by molar-refractivity contribution is 5.97. The van der Waals surface area contributed by atoms with Crippen LogP contribution in [-0.4, -0.2) is 32.7 Å². The van der Waals surface area contributed by atoms with Crippen molar-refractivity contribution in [3.63, 3.8) is 0 Å². The summed E-state index contributed by atoms with van der Waals surface area (Å²) < 4.78 is 20.2. The second-order valence-electron chi connectivity index (χ2n) is 5.68. The van der Waals surface area contributed by atoms with Gasteiger partial charge in [-0.15, -0.1) is 0 Å². The van der Waals surface area contributed by atoms with Crippen molar-refractivity contribution in [1.29, 1.82) is 0 Å². The molecule has 1 aromatic heterocycles. The average molecular weight is 383 g/mol. The van der Waals surface area contributed by atoms with Crippen molar-refractivity contribution < 1.29 is 28.2 Å². The van der Waals surface area contributed by atoms with Crippen molar-refractivity contribution >= 4 is 28.5 Å². The number of benzene rings is 2. The highest BCUT2D eigenvalue weighted by Crippen LogP contribution is 2.24. The van der Waals surface area contributed by atoms with Gasteiger partial charge in [-0.3, -0.25) is 4.79 Å². The number of hydrogen-bond acceptors (Lipinski definition) is 7. The Morgan fingerprint density at radius 1 is 1.04 bits per heavy atom. The van der Waals surface area contributed by atoms with Crippen molar-refractivity contribution in [3.8, 4) is 11.5 Å². The van der Waals surface area contributed by atoms with Crippen LogP contribution in [0, 0.1) is 0 Å². The largest absolute Gasteiger partial charge is 0.497 e. The van der Waals surface area contributed by atoms with Crippen molar-refractivity contribution in [2.45, 2.75) is 0 Å². The molecule has 0 radical (unpaired) electrons. The van der Waals surface area contributed by atoms with Gasteiger partial charge in [0.1, 0.15) is 11.3 Å². The molecule has 1 heterocycles. The maximum absolute atomic E-state index is 12.2. The number of esters is 1. The zero-order valence-corrected chi connectivity index (χ0v) is 15.2. The third kappa shape index (κ3) is 4.12. The van der Waals surface area contributed by atoms with Gasteiger partial charge in [0.25, 0.3) is 5.91 Å². The molecule has 0 spiro atoms. The lowest BCUT2D eigenvalue weighted by atomic mass is 10.2. The standard InChI is InChI=1S/C20H17NO7/c1-25-14-8-6-13(7-9-14)21-17(22)11-27-19(23)15-10-12-4-3-5-16(26-2)18(12)28-20(15)24/h3-10H,11H2,1-2H3,(H,21,22). The number of carbonyl (C=O) groups is 2. The van der Waals surface area contributed by atoms with Gasteiger partial charge in [-0.25, -0.2) is 9.59 Å². The summed E-state index contributed by atoms with van der Waals surface area (Å²) in [5, 5.41) is 3.06. The molecule has 0 saturated carbocycles. The van der Waals surface area contributed by atoms with Gasteiger partial charge in [-0.05, 0) is 36.4 Å². The first kappa shape index (κ1) is 19.0. The number of rotatable bonds is 6. The van der Waals surface area contributed by atoms with Crippen LogP contribution in [0.5, 0.6) is 11.5 Å². The molecule has 28 heavy (non-hydrogen) atoms. The molecular weight excluding hydrogens is 366 g/mol. The van der Waals surface area contributed by atoms with Crippen molar-refractivity contribution in [2.75, 3.05) is 26.1 Å². The zero-order chi connectivity index (χ0) is 20.1. The summed E-state index contributed by atoms with van der Waals surface area (Å²) in [6, 6.07) is 13.0. The van der Waals surface area contributed by atoms with E-state index in [-0.39, 0.29) is 11.1 Å². The van der Waals surface area contributed by atoms with Crippen LogP contribution in [0.25, 0.3) is 11.0 Å². The Morgan fingerprint density at radius 3 is 2.46 bits per heavy atom. The van der Waals surface area contributed by atoms with E-state index in [9.17, 15) is 14.4 Å². The van der Waals surface area contributed by atoms with E-state index in [1.807, 2.05) is 0 Å². The number of nitrogens with one attached hydrogen (secondary N) is 1. The number of ether oxygens (including phenoxy) is 3. The van der Waals surface area contributed by atoms with E-state index >= 15 is 0 Å². The normalized spacial score (nSPS) is 10.4. The molecule has 1 amide bonds. The zero-order valence-electron chi connectivity index (χ0n) is 15.2. The molecule has 0 unspecified atom stereocenters. The highest BCUT2D eigenvalue weighted by Gasteiger charge is 2.18. The first-order chi connectivity index (χ1) is 13.5. The number of amides is 1. The molecule has 3 aromatic rings. The minimum Gasteiger partial charge on any atom is -0.497 e. The number of hydrogen-bond donors (Lipinski definition) is 1. The van der Waals surface area contributed by atoms with Gasteiger partial charge in [0, 0.05) is 11.1 Å². The molecule has 2 aromatic carbocycles. The Hall–Kier alpha value is -3.81. The van der Waals surface area contributed by atoms with E-state index in [0.29, 0.717) is 22.6 Å². The lowest BCUT2D eigenvalue weighted by molar-refractivity contribution is -0.119. The first-order valence-corrected chi connectivity index (χ1v) is 8.23. The number of fused-ring (bicyclic) bond motifs is 1. The lowest BCUT2D eigenvalue weighted by Crippen LogP contribution is -2.23. The second-order valence-corrected chi connectivity index (χ2v) is 5.68. The molecule has 0 aliphatic rings. The van der Waals surface area contributed by atoms with E-state index in [2.05, 4.69) is 5.32 Å². The molecule has 0 saturated heterocycles. The summed E-state index contributed by atoms with van der Waals surface area (Å²) in [4.78, 5) is 36.2. The van der Waals surface area contributed by atoms with Crippen LogP contribution in [0.15, 0.2) is 57.7 Å². The second kappa shape index (κ2) is 8.26. The van der Waals surface area contributed by atoms with E-state index in [1.54, 1.807) is 42.5 Å². The summed E-state index contributed by atoms with van der Waals surface area (Å²) >= 11 is 0. The van der Waals surface area contributed by atoms with Crippen LogP contribution in [-0.2, 0) is 9.53 Å². The molecule has 0 atom stereocenters. The van der Waals surface area contributed by atoms with Gasteiger partial charge in [-0.1, -0.05) is 12.1 Å². The van der Waals surface area contributed by atoms with E-state index in [0.717, 1.165) is 0 Å². The topological polar surface area (TPSA) is 104 Å². The van der Waals surface area contributed by atoms with E-state index in [4.69, 9.17) is 18.6 Å². The van der Waals surface area contributed by atoms with Gasteiger partial charge in [0.05, 0.1) is 14.2 Å². The SMILES string of the molecule is COc1ccc(NC(=O)COC(=O)c2cc3cccc(OC)c3oc2=O)cc1. The molecule has 8 nitrogen and oxygen atoms in total. The van der Waals surface area contributed by atoms with Gasteiger partial charge in [0.15, 0.2) is 17.9 Å². The monoisotopic (exact) mass is 383 g/mol. The molecule has 3 rings (SSSR count). The molecule has 0 aliphatic heterocycles.